The number of rotatable bonds is 10. The number of hydrogen-bond donors (Lipinski definition) is 3. The van der Waals surface area contributed by atoms with Crippen molar-refractivity contribution in [3.63, 3.8) is 0 Å². The van der Waals surface area contributed by atoms with E-state index in [1.165, 1.54) is 30.3 Å². The highest BCUT2D eigenvalue weighted by Crippen LogP contribution is 2.38. The molecule has 0 fully saturated rings. The second-order valence-electron chi connectivity index (χ2n) is 9.62. The molecule has 17 heteroatoms. The van der Waals surface area contributed by atoms with Gasteiger partial charge in [0.1, 0.15) is 17.4 Å². The molecule has 0 bridgehead atoms. The molecule has 4 aromatic rings. The van der Waals surface area contributed by atoms with Gasteiger partial charge < -0.3 is 30.0 Å². The average molecular weight is 654 g/mol. The van der Waals surface area contributed by atoms with Gasteiger partial charge in [-0.25, -0.2) is 32.6 Å². The summed E-state index contributed by atoms with van der Waals surface area (Å²) in [5.41, 5.74) is 5.67. The van der Waals surface area contributed by atoms with Gasteiger partial charge in [0.2, 0.25) is 21.4 Å². The largest absolute Gasteiger partial charge is 0.504 e. The van der Waals surface area contributed by atoms with E-state index in [-0.39, 0.29) is 51.4 Å². The number of nitrogens with zero attached hydrogens (tertiary/aromatic N) is 5. The van der Waals surface area contributed by atoms with E-state index in [9.17, 15) is 22.7 Å². The minimum atomic E-state index is -4.35. The second-order valence-corrected chi connectivity index (χ2v) is 11.5. The van der Waals surface area contributed by atoms with Crippen LogP contribution in [0.1, 0.15) is 28.4 Å². The molecule has 14 nitrogen and oxygen atoms in total. The number of ether oxygens (including phenoxy) is 3. The van der Waals surface area contributed by atoms with Crippen LogP contribution in [0.25, 0.3) is 0 Å². The Labute approximate surface area is 260 Å². The van der Waals surface area contributed by atoms with Crippen LogP contribution in [0.3, 0.4) is 0 Å². The van der Waals surface area contributed by atoms with Crippen LogP contribution < -0.4 is 15.2 Å². The predicted octanol–water partition coefficient (Wildman–Crippen LogP) is 3.43. The zero-order chi connectivity index (χ0) is 33.2. The van der Waals surface area contributed by atoms with Gasteiger partial charge in [-0.2, -0.15) is 4.39 Å². The fourth-order valence-corrected chi connectivity index (χ4v) is 5.33. The molecule has 2 aromatic heterocycles. The minimum absolute atomic E-state index is 0.0429. The Morgan fingerprint density at radius 2 is 1.78 bits per heavy atom. The maximum atomic E-state index is 15.6. The lowest BCUT2D eigenvalue weighted by molar-refractivity contribution is 0.0525. The molecule has 3 heterocycles. The van der Waals surface area contributed by atoms with Gasteiger partial charge in [-0.1, -0.05) is 0 Å². The molecule has 5 rings (SSSR count). The summed E-state index contributed by atoms with van der Waals surface area (Å²) in [5, 5.41) is 17.1. The number of carbonyl (C=O) groups excluding carboxylic acids is 1. The molecular formula is C29H25F2N7O7S. The first-order chi connectivity index (χ1) is 21.9. The van der Waals surface area contributed by atoms with Crippen LogP contribution in [0.2, 0.25) is 0 Å². The van der Waals surface area contributed by atoms with E-state index in [1.807, 2.05) is 0 Å². The number of carbonyl (C=O) groups is 1. The standard InChI is InChI=1S/C29H25F2N7O7S/c1-3-43-28(40)16-12-36-29(37-13-16)46(41,42)17-5-7-21(18(11-17)26-34-8-9-38(26)2)44-24-19(30)14-35-27(23(24)31)45-22-10-15(25(32)33)4-6-20(22)39/h4-7,10-14,39H,3,8-9H2,1-2H3,(H3,32,33). The lowest BCUT2D eigenvalue weighted by atomic mass is 10.1. The normalized spacial score (nSPS) is 12.9. The van der Waals surface area contributed by atoms with Crippen molar-refractivity contribution in [2.75, 3.05) is 26.7 Å². The van der Waals surface area contributed by atoms with Crippen molar-refractivity contribution in [1.29, 1.82) is 5.41 Å². The number of benzene rings is 2. The molecule has 238 valence electrons. The SMILES string of the molecule is CCOC(=O)c1cnc(S(=O)(=O)c2ccc(Oc3c(F)cnc(Oc4cc(C(=N)N)ccc4O)c3F)c(C3=NCCN3C)c2)nc1. The second kappa shape index (κ2) is 12.7. The van der Waals surface area contributed by atoms with Crippen LogP contribution in [0.5, 0.6) is 28.9 Å². The maximum absolute atomic E-state index is 15.6. The summed E-state index contributed by atoms with van der Waals surface area (Å²) in [7, 11) is -2.66. The van der Waals surface area contributed by atoms with Gasteiger partial charge in [0.25, 0.3) is 11.0 Å². The van der Waals surface area contributed by atoms with Gasteiger partial charge in [-0.15, -0.1) is 0 Å². The van der Waals surface area contributed by atoms with E-state index in [1.54, 1.807) is 18.9 Å². The van der Waals surface area contributed by atoms with Crippen molar-refractivity contribution in [2.45, 2.75) is 17.0 Å². The number of aromatic hydroxyl groups is 1. The summed E-state index contributed by atoms with van der Waals surface area (Å²) in [4.78, 5) is 29.0. The fourth-order valence-electron chi connectivity index (χ4n) is 4.22. The molecule has 0 unspecified atom stereocenters. The van der Waals surface area contributed by atoms with E-state index in [0.717, 1.165) is 18.5 Å². The molecule has 0 amide bonds. The zero-order valence-electron chi connectivity index (χ0n) is 24.2. The fraction of sp³-hybridized carbons (Fsp3) is 0.172. The Morgan fingerprint density at radius 1 is 1.04 bits per heavy atom. The van der Waals surface area contributed by atoms with Crippen LogP contribution >= 0.6 is 0 Å². The molecule has 0 radical (unpaired) electrons. The molecule has 1 aliphatic rings. The van der Waals surface area contributed by atoms with Gasteiger partial charge in [0.15, 0.2) is 17.3 Å². The molecule has 0 spiro atoms. The Bertz CT molecular complexity index is 1990. The number of nitrogens with two attached hydrogens (primary N) is 1. The zero-order valence-corrected chi connectivity index (χ0v) is 25.0. The lowest BCUT2D eigenvalue weighted by Gasteiger charge is -2.19. The Kier molecular flexibility index (Phi) is 8.77. The van der Waals surface area contributed by atoms with Gasteiger partial charge in [-0.05, 0) is 43.3 Å². The number of nitrogen functional groups attached to an aromatic ring is 1. The van der Waals surface area contributed by atoms with E-state index < -0.39 is 50.0 Å². The molecule has 4 N–H and O–H groups in total. The molecule has 0 atom stereocenters. The summed E-state index contributed by atoms with van der Waals surface area (Å²) in [6.07, 6.45) is 2.68. The van der Waals surface area contributed by atoms with E-state index in [2.05, 4.69) is 19.9 Å². The number of sulfone groups is 1. The third kappa shape index (κ3) is 6.25. The first kappa shape index (κ1) is 31.7. The molecule has 2 aromatic carbocycles. The highest BCUT2D eigenvalue weighted by molar-refractivity contribution is 7.91. The molecule has 46 heavy (non-hydrogen) atoms. The minimum Gasteiger partial charge on any atom is -0.504 e. The monoisotopic (exact) mass is 653 g/mol. The predicted molar refractivity (Wildman–Crippen MR) is 157 cm³/mol. The first-order valence-corrected chi connectivity index (χ1v) is 14.9. The number of hydrogen-bond acceptors (Lipinski definition) is 13. The van der Waals surface area contributed by atoms with Crippen LogP contribution in [-0.4, -0.2) is 77.8 Å². The smallest absolute Gasteiger partial charge is 0.341 e. The van der Waals surface area contributed by atoms with Crippen molar-refractivity contribution in [2.24, 2.45) is 10.7 Å². The van der Waals surface area contributed by atoms with Crippen molar-refractivity contribution >= 4 is 27.5 Å². The van der Waals surface area contributed by atoms with Crippen molar-refractivity contribution in [3.8, 4) is 28.9 Å². The molecule has 0 aliphatic carbocycles. The first-order valence-electron chi connectivity index (χ1n) is 13.4. The third-order valence-electron chi connectivity index (χ3n) is 6.53. The van der Waals surface area contributed by atoms with Crippen LogP contribution in [0, 0.1) is 17.0 Å². The number of pyridine rings is 1. The number of halogens is 2. The Hall–Kier alpha value is -5.71. The summed E-state index contributed by atoms with van der Waals surface area (Å²) >= 11 is 0. The van der Waals surface area contributed by atoms with E-state index >= 15 is 4.39 Å². The maximum Gasteiger partial charge on any atom is 0.341 e. The summed E-state index contributed by atoms with van der Waals surface area (Å²) in [6.45, 7) is 2.55. The average Bonchev–Trinajstić information content (AvgIpc) is 3.47. The Morgan fingerprint density at radius 3 is 2.43 bits per heavy atom. The number of nitrogens with one attached hydrogen (secondary N) is 1. The van der Waals surface area contributed by atoms with Gasteiger partial charge >= 0.3 is 5.97 Å². The summed E-state index contributed by atoms with van der Waals surface area (Å²) in [6, 6.07) is 7.20. The third-order valence-corrected chi connectivity index (χ3v) is 8.10. The van der Waals surface area contributed by atoms with Crippen LogP contribution in [0.15, 0.2) is 70.0 Å². The number of phenols is 1. The number of aliphatic imine (C=N–C) groups is 1. The lowest BCUT2D eigenvalue weighted by Crippen LogP contribution is -2.24. The summed E-state index contributed by atoms with van der Waals surface area (Å²) in [5.74, 6) is -6.01. The molecular weight excluding hydrogens is 628 g/mol. The number of amidine groups is 2. The summed E-state index contributed by atoms with van der Waals surface area (Å²) < 4.78 is 73.4. The van der Waals surface area contributed by atoms with Crippen LogP contribution in [-0.2, 0) is 14.6 Å². The van der Waals surface area contributed by atoms with Crippen molar-refractivity contribution < 1.29 is 41.3 Å². The topological polar surface area (TPSA) is 203 Å². The number of esters is 1. The van der Waals surface area contributed by atoms with Gasteiger partial charge in [-0.3, -0.25) is 10.4 Å². The Balaban J connectivity index is 1.52. The van der Waals surface area contributed by atoms with Crippen molar-refractivity contribution in [3.05, 3.63) is 83.3 Å². The van der Waals surface area contributed by atoms with Crippen LogP contribution in [0.4, 0.5) is 8.78 Å². The number of likely N-dealkylation sites (N-methyl/N-ethyl adjacent to an activating group) is 1. The highest BCUT2D eigenvalue weighted by atomic mass is 32.2. The molecule has 0 saturated heterocycles. The highest BCUT2D eigenvalue weighted by Gasteiger charge is 2.28. The van der Waals surface area contributed by atoms with Gasteiger partial charge in [0, 0.05) is 31.5 Å². The number of phenolic OH excluding ortho intramolecular Hbond substituents is 1. The quantitative estimate of drug-likeness (QED) is 0.0975. The van der Waals surface area contributed by atoms with E-state index in [4.69, 9.17) is 25.4 Å². The molecule has 0 saturated carbocycles. The molecule has 1 aliphatic heterocycles. The van der Waals surface area contributed by atoms with Gasteiger partial charge in [0.05, 0.1) is 35.4 Å². The van der Waals surface area contributed by atoms with Crippen molar-refractivity contribution in [1.82, 2.24) is 19.9 Å². The van der Waals surface area contributed by atoms with E-state index in [0.29, 0.717) is 19.3 Å². The number of aromatic nitrogens is 3.